The van der Waals surface area contributed by atoms with Gasteiger partial charge in [-0.05, 0) is 68.9 Å². The Bertz CT molecular complexity index is 981. The van der Waals surface area contributed by atoms with E-state index in [0.29, 0.717) is 44.9 Å². The lowest BCUT2D eigenvalue weighted by Crippen LogP contribution is -2.63. The van der Waals surface area contributed by atoms with Crippen molar-refractivity contribution < 1.29 is 23.8 Å². The molecule has 0 aromatic heterocycles. The van der Waals surface area contributed by atoms with Crippen molar-refractivity contribution in [3.8, 4) is 0 Å². The lowest BCUT2D eigenvalue weighted by atomic mass is 9.94. The number of ether oxygens (including phenoxy) is 3. The van der Waals surface area contributed by atoms with E-state index in [2.05, 4.69) is 36.4 Å². The van der Waals surface area contributed by atoms with Crippen LogP contribution in [0.5, 0.6) is 0 Å². The molecule has 1 aliphatic rings. The van der Waals surface area contributed by atoms with E-state index in [1.165, 1.54) is 0 Å². The maximum Gasteiger partial charge on any atom is 0.408 e. The highest BCUT2D eigenvalue weighted by atomic mass is 16.7. The predicted molar refractivity (Wildman–Crippen MR) is 179 cm³/mol. The molecule has 256 valence electrons. The van der Waals surface area contributed by atoms with Gasteiger partial charge in [-0.25, -0.2) is 4.79 Å². The number of alkyl carbamates (subject to hydrolysis) is 1. The molecule has 0 spiro atoms. The molecule has 2 amide bonds. The van der Waals surface area contributed by atoms with Crippen molar-refractivity contribution in [2.45, 2.75) is 124 Å². The summed E-state index contributed by atoms with van der Waals surface area (Å²) in [5.41, 5.74) is 12.1. The molecule has 11 heteroatoms. The third kappa shape index (κ3) is 14.8. The Morgan fingerprint density at radius 1 is 1.07 bits per heavy atom. The molecule has 0 saturated carbocycles. The number of carbonyl (C=O) groups is 2. The molecule has 2 rings (SSSR count). The molecule has 6 N–H and O–H groups in total. The minimum atomic E-state index is -0.792. The molecule has 1 aliphatic heterocycles. The van der Waals surface area contributed by atoms with E-state index in [4.69, 9.17) is 25.7 Å². The smallest absolute Gasteiger partial charge is 0.408 e. The first-order chi connectivity index (χ1) is 21.7. The number of benzene rings is 1. The van der Waals surface area contributed by atoms with Crippen LogP contribution in [0.15, 0.2) is 35.3 Å². The summed E-state index contributed by atoms with van der Waals surface area (Å²) >= 11 is 0. The topological polar surface area (TPSA) is 154 Å². The molecule has 0 bridgehead atoms. The van der Waals surface area contributed by atoms with E-state index < -0.39 is 24.5 Å². The van der Waals surface area contributed by atoms with Crippen molar-refractivity contribution in [1.82, 2.24) is 15.5 Å². The van der Waals surface area contributed by atoms with Crippen molar-refractivity contribution in [3.05, 3.63) is 35.9 Å². The predicted octanol–water partition coefficient (Wildman–Crippen LogP) is 4.88. The average molecular weight is 633 g/mol. The second-order valence-corrected chi connectivity index (χ2v) is 12.6. The second-order valence-electron chi connectivity index (χ2n) is 12.6. The number of aliphatic imine (C=N–C) groups is 1. The highest BCUT2D eigenvalue weighted by Gasteiger charge is 2.41. The maximum absolute atomic E-state index is 14.8. The van der Waals surface area contributed by atoms with Crippen molar-refractivity contribution >= 4 is 18.0 Å². The van der Waals surface area contributed by atoms with Gasteiger partial charge in [-0.1, -0.05) is 77.8 Å². The first kappa shape index (κ1) is 38.3. The molecule has 1 fully saturated rings. The fraction of sp³-hybridized carbons (Fsp3) is 0.735. The lowest BCUT2D eigenvalue weighted by molar-refractivity contribution is -0.194. The average Bonchev–Trinajstić information content (AvgIpc) is 3.00. The molecule has 0 radical (unpaired) electrons. The van der Waals surface area contributed by atoms with Crippen molar-refractivity contribution in [2.75, 3.05) is 26.3 Å². The third-order valence-corrected chi connectivity index (χ3v) is 7.93. The number of piperidine rings is 1. The minimum Gasteiger partial charge on any atom is -0.445 e. The Balaban J connectivity index is 2.45. The Labute approximate surface area is 271 Å². The SMILES string of the molecule is CCCCOC(OCCCC)[C@H](CCCN=C(N)N)N(C(=O)[C@H](CC(C)C)NC(=O)OCc1ccccc1)C1CC(C)CCN1. The van der Waals surface area contributed by atoms with Gasteiger partial charge in [0.1, 0.15) is 12.6 Å². The zero-order valence-corrected chi connectivity index (χ0v) is 28.3. The van der Waals surface area contributed by atoms with E-state index in [1.807, 2.05) is 49.1 Å². The number of nitrogens with two attached hydrogens (primary N) is 2. The van der Waals surface area contributed by atoms with Gasteiger partial charge in [0.15, 0.2) is 12.2 Å². The number of unbranched alkanes of at least 4 members (excludes halogenated alkanes) is 2. The van der Waals surface area contributed by atoms with E-state index in [0.717, 1.165) is 50.6 Å². The first-order valence-electron chi connectivity index (χ1n) is 17.0. The van der Waals surface area contributed by atoms with Crippen molar-refractivity contribution in [3.63, 3.8) is 0 Å². The van der Waals surface area contributed by atoms with Crippen LogP contribution in [0.4, 0.5) is 4.79 Å². The summed E-state index contributed by atoms with van der Waals surface area (Å²) in [6, 6.07) is 8.27. The summed E-state index contributed by atoms with van der Waals surface area (Å²) in [7, 11) is 0. The second kappa shape index (κ2) is 21.8. The number of amides is 2. The Hall–Kier alpha value is -2.89. The van der Waals surface area contributed by atoms with E-state index in [1.54, 1.807) is 0 Å². The summed E-state index contributed by atoms with van der Waals surface area (Å²) in [4.78, 5) is 34.0. The van der Waals surface area contributed by atoms with Gasteiger partial charge in [0.2, 0.25) is 5.91 Å². The Morgan fingerprint density at radius 3 is 2.31 bits per heavy atom. The number of nitrogens with one attached hydrogen (secondary N) is 2. The molecular weight excluding hydrogens is 572 g/mol. The summed E-state index contributed by atoms with van der Waals surface area (Å²) in [6.07, 6.45) is 5.64. The highest BCUT2D eigenvalue weighted by molar-refractivity contribution is 5.86. The molecule has 1 aromatic rings. The van der Waals surface area contributed by atoms with E-state index in [-0.39, 0.29) is 30.6 Å². The van der Waals surface area contributed by atoms with Crippen LogP contribution in [0.1, 0.15) is 98.0 Å². The van der Waals surface area contributed by atoms with Crippen LogP contribution >= 0.6 is 0 Å². The summed E-state index contributed by atoms with van der Waals surface area (Å²) in [5.74, 6) is 0.419. The number of nitrogens with zero attached hydrogens (tertiary/aromatic N) is 2. The molecule has 1 aromatic carbocycles. The standard InChI is InChI=1S/C34H60N6O5/c1-6-8-20-43-32(44-21-9-7-2)29(16-13-18-38-33(35)36)40(30-23-26(5)17-19-37-30)31(41)28(22-25(3)4)39-34(42)45-24-27-14-11-10-12-15-27/h10-12,14-15,25-26,28-30,32,37H,6-9,13,16-24H2,1-5H3,(H,39,42)(H4,35,36,38)/t26?,28-,29-,30?/m0/s1. The van der Waals surface area contributed by atoms with Gasteiger partial charge in [0.05, 0.1) is 12.2 Å². The zero-order chi connectivity index (χ0) is 33.0. The van der Waals surface area contributed by atoms with Crippen LogP contribution in [0.3, 0.4) is 0 Å². The van der Waals surface area contributed by atoms with Gasteiger partial charge in [0, 0.05) is 19.8 Å². The minimum absolute atomic E-state index is 0.0346. The molecule has 45 heavy (non-hydrogen) atoms. The molecule has 1 heterocycles. The summed E-state index contributed by atoms with van der Waals surface area (Å²) < 4.78 is 18.4. The van der Waals surface area contributed by atoms with Crippen LogP contribution < -0.4 is 22.1 Å². The van der Waals surface area contributed by atoms with Gasteiger partial charge in [0.25, 0.3) is 0 Å². The van der Waals surface area contributed by atoms with Crippen LogP contribution in [0.2, 0.25) is 0 Å². The van der Waals surface area contributed by atoms with E-state index in [9.17, 15) is 9.59 Å². The number of guanidine groups is 1. The summed E-state index contributed by atoms with van der Waals surface area (Å²) in [6.45, 7) is 12.9. The number of rotatable bonds is 21. The largest absolute Gasteiger partial charge is 0.445 e. The highest BCUT2D eigenvalue weighted by Crippen LogP contribution is 2.27. The molecular formula is C34H60N6O5. The van der Waals surface area contributed by atoms with Crippen molar-refractivity contribution in [1.29, 1.82) is 0 Å². The van der Waals surface area contributed by atoms with Gasteiger partial charge >= 0.3 is 6.09 Å². The molecule has 2 unspecified atom stereocenters. The molecule has 11 nitrogen and oxygen atoms in total. The maximum atomic E-state index is 14.8. The normalized spacial score (nSPS) is 17.9. The van der Waals surface area contributed by atoms with Crippen LogP contribution in [-0.2, 0) is 25.6 Å². The number of hydrogen-bond donors (Lipinski definition) is 4. The van der Waals surface area contributed by atoms with Crippen LogP contribution in [0, 0.1) is 11.8 Å². The molecule has 4 atom stereocenters. The fourth-order valence-corrected chi connectivity index (χ4v) is 5.49. The van der Waals surface area contributed by atoms with Gasteiger partial charge in [-0.3, -0.25) is 15.1 Å². The summed E-state index contributed by atoms with van der Waals surface area (Å²) in [5, 5.41) is 6.51. The van der Waals surface area contributed by atoms with Crippen LogP contribution in [0.25, 0.3) is 0 Å². The number of hydrogen-bond acceptors (Lipinski definition) is 7. The third-order valence-electron chi connectivity index (χ3n) is 7.93. The fourth-order valence-electron chi connectivity index (χ4n) is 5.49. The van der Waals surface area contributed by atoms with Gasteiger partial charge < -0.3 is 35.9 Å². The lowest BCUT2D eigenvalue weighted by Gasteiger charge is -2.45. The monoisotopic (exact) mass is 632 g/mol. The number of carbonyl (C=O) groups excluding carboxylic acids is 2. The van der Waals surface area contributed by atoms with Crippen LogP contribution in [-0.4, -0.2) is 73.7 Å². The molecule has 1 saturated heterocycles. The zero-order valence-electron chi connectivity index (χ0n) is 28.3. The van der Waals surface area contributed by atoms with Gasteiger partial charge in [-0.15, -0.1) is 0 Å². The van der Waals surface area contributed by atoms with Gasteiger partial charge in [-0.2, -0.15) is 0 Å². The molecule has 0 aliphatic carbocycles. The Kier molecular flexibility index (Phi) is 18.5. The van der Waals surface area contributed by atoms with E-state index >= 15 is 0 Å². The van der Waals surface area contributed by atoms with Crippen molar-refractivity contribution in [2.24, 2.45) is 28.3 Å². The first-order valence-corrected chi connectivity index (χ1v) is 17.0. The Morgan fingerprint density at radius 2 is 1.73 bits per heavy atom. The quantitative estimate of drug-likeness (QED) is 0.0647.